The van der Waals surface area contributed by atoms with Crippen LogP contribution in [0.5, 0.6) is 0 Å². The number of carbonyl (C=O) groups is 2. The van der Waals surface area contributed by atoms with Gasteiger partial charge in [-0.3, -0.25) is 9.59 Å². The molecule has 1 heterocycles. The lowest BCUT2D eigenvalue weighted by Crippen LogP contribution is -2.41. The van der Waals surface area contributed by atoms with Gasteiger partial charge in [-0.1, -0.05) is 36.0 Å². The van der Waals surface area contributed by atoms with Crippen molar-refractivity contribution in [3.05, 3.63) is 76.0 Å². The first-order chi connectivity index (χ1) is 13.2. The second-order valence-corrected chi connectivity index (χ2v) is 9.17. The molecule has 1 aliphatic heterocycles. The highest BCUT2D eigenvalue weighted by molar-refractivity contribution is 8.19. The van der Waals surface area contributed by atoms with Crippen molar-refractivity contribution < 1.29 is 26.8 Å². The number of halogens is 2. The van der Waals surface area contributed by atoms with Gasteiger partial charge in [0.25, 0.3) is 5.91 Å². The van der Waals surface area contributed by atoms with Crippen molar-refractivity contribution >= 4 is 33.4 Å². The van der Waals surface area contributed by atoms with E-state index in [0.717, 1.165) is 24.3 Å². The summed E-state index contributed by atoms with van der Waals surface area (Å²) in [5.74, 6) is -4.61. The highest BCUT2D eigenvalue weighted by Crippen LogP contribution is 2.41. The van der Waals surface area contributed by atoms with Crippen LogP contribution in [0.4, 0.5) is 8.78 Å². The zero-order valence-corrected chi connectivity index (χ0v) is 15.8. The molecule has 0 aliphatic carbocycles. The first-order valence-electron chi connectivity index (χ1n) is 7.94. The van der Waals surface area contributed by atoms with E-state index < -0.39 is 49.5 Å². The number of rotatable bonds is 5. The number of sulfone groups is 1. The predicted octanol–water partition coefficient (Wildman–Crippen LogP) is 2.18. The molecule has 1 aliphatic rings. The lowest BCUT2D eigenvalue weighted by molar-refractivity contribution is -0.120. The van der Waals surface area contributed by atoms with Crippen molar-refractivity contribution in [3.8, 4) is 0 Å². The molecular weight excluding hydrogens is 410 g/mol. The van der Waals surface area contributed by atoms with Crippen molar-refractivity contribution in [1.82, 2.24) is 5.32 Å². The van der Waals surface area contributed by atoms with Gasteiger partial charge in [0.1, 0.15) is 20.8 Å². The van der Waals surface area contributed by atoms with Crippen LogP contribution in [0.1, 0.15) is 10.4 Å². The van der Waals surface area contributed by atoms with Crippen LogP contribution in [0.3, 0.4) is 0 Å². The van der Waals surface area contributed by atoms with Gasteiger partial charge in [-0.2, -0.15) is 0 Å². The predicted molar refractivity (Wildman–Crippen MR) is 99.6 cm³/mol. The first-order valence-corrected chi connectivity index (χ1v) is 10.3. The van der Waals surface area contributed by atoms with Gasteiger partial charge in [-0.05, 0) is 30.3 Å². The lowest BCUT2D eigenvalue weighted by atomic mass is 10.1. The molecule has 28 heavy (non-hydrogen) atoms. The van der Waals surface area contributed by atoms with Gasteiger partial charge < -0.3 is 11.1 Å². The fourth-order valence-electron chi connectivity index (χ4n) is 2.60. The summed E-state index contributed by atoms with van der Waals surface area (Å²) in [5.41, 5.74) is 5.05. The molecule has 2 aromatic carbocycles. The number of amides is 2. The Bertz CT molecular complexity index is 1090. The van der Waals surface area contributed by atoms with Gasteiger partial charge in [0.05, 0.1) is 16.9 Å². The first kappa shape index (κ1) is 20.0. The smallest absolute Gasteiger partial charge is 0.255 e. The Hall–Kier alpha value is -2.72. The topological polar surface area (TPSA) is 106 Å². The molecule has 0 radical (unpaired) electrons. The molecule has 0 saturated carbocycles. The molecule has 3 rings (SSSR count). The molecule has 3 N–H and O–H groups in total. The summed E-state index contributed by atoms with van der Waals surface area (Å²) in [6, 6.07) is 9.99. The van der Waals surface area contributed by atoms with E-state index in [1.54, 1.807) is 0 Å². The van der Waals surface area contributed by atoms with Crippen LogP contribution in [0.25, 0.3) is 0 Å². The number of hydrogen-bond donors (Lipinski definition) is 2. The third-order valence-corrected chi connectivity index (χ3v) is 7.55. The van der Waals surface area contributed by atoms with E-state index >= 15 is 0 Å². The summed E-state index contributed by atoms with van der Waals surface area (Å²) in [5, 5.41) is 1.33. The largest absolute Gasteiger partial charge is 0.369 e. The van der Waals surface area contributed by atoms with Crippen LogP contribution in [-0.4, -0.2) is 25.6 Å². The molecule has 6 nitrogen and oxygen atoms in total. The van der Waals surface area contributed by atoms with Gasteiger partial charge in [0.15, 0.2) is 0 Å². The van der Waals surface area contributed by atoms with Crippen molar-refractivity contribution in [2.75, 3.05) is 0 Å². The SMILES string of the molecule is NC(=O)C1C=C(S(=O)(=O)c2ccccc2F)SC1NC(=O)c1ccccc1F. The molecule has 2 unspecified atom stereocenters. The molecule has 0 bridgehead atoms. The highest BCUT2D eigenvalue weighted by Gasteiger charge is 2.39. The van der Waals surface area contributed by atoms with Crippen LogP contribution in [-0.2, 0) is 14.6 Å². The Morgan fingerprint density at radius 2 is 1.61 bits per heavy atom. The molecule has 0 aromatic heterocycles. The molecule has 0 spiro atoms. The molecule has 146 valence electrons. The summed E-state index contributed by atoms with van der Waals surface area (Å²) in [6.45, 7) is 0. The minimum absolute atomic E-state index is 0.267. The Morgan fingerprint density at radius 3 is 2.21 bits per heavy atom. The van der Waals surface area contributed by atoms with Gasteiger partial charge >= 0.3 is 0 Å². The zero-order chi connectivity index (χ0) is 20.5. The van der Waals surface area contributed by atoms with Crippen molar-refractivity contribution in [2.45, 2.75) is 10.3 Å². The number of thioether (sulfide) groups is 1. The zero-order valence-electron chi connectivity index (χ0n) is 14.1. The average molecular weight is 424 g/mol. The van der Waals surface area contributed by atoms with E-state index in [0.29, 0.717) is 11.8 Å². The summed E-state index contributed by atoms with van der Waals surface area (Å²) >= 11 is 0.638. The van der Waals surface area contributed by atoms with E-state index in [-0.39, 0.29) is 9.80 Å². The monoisotopic (exact) mass is 424 g/mol. The Morgan fingerprint density at radius 1 is 1.00 bits per heavy atom. The molecule has 0 saturated heterocycles. The molecule has 2 aromatic rings. The molecule has 0 fully saturated rings. The maximum absolute atomic E-state index is 13.9. The number of hydrogen-bond acceptors (Lipinski definition) is 5. The minimum atomic E-state index is -4.26. The van der Waals surface area contributed by atoms with Gasteiger partial charge in [-0.25, -0.2) is 17.2 Å². The molecule has 2 amide bonds. The Kier molecular flexibility index (Phi) is 5.52. The maximum atomic E-state index is 13.9. The average Bonchev–Trinajstić information content (AvgIpc) is 3.07. The van der Waals surface area contributed by atoms with Gasteiger partial charge in [0.2, 0.25) is 15.7 Å². The number of carbonyl (C=O) groups excluding carboxylic acids is 2. The van der Waals surface area contributed by atoms with E-state index in [1.165, 1.54) is 30.3 Å². The van der Waals surface area contributed by atoms with E-state index in [1.807, 2.05) is 0 Å². The van der Waals surface area contributed by atoms with Crippen LogP contribution in [0.2, 0.25) is 0 Å². The summed E-state index contributed by atoms with van der Waals surface area (Å²) < 4.78 is 52.9. The fraction of sp³-hybridized carbons (Fsp3) is 0.111. The van der Waals surface area contributed by atoms with Gasteiger partial charge in [0, 0.05) is 0 Å². The number of nitrogens with one attached hydrogen (secondary N) is 1. The van der Waals surface area contributed by atoms with Crippen LogP contribution in [0, 0.1) is 17.6 Å². The molecule has 2 atom stereocenters. The maximum Gasteiger partial charge on any atom is 0.255 e. The second kappa shape index (κ2) is 7.72. The minimum Gasteiger partial charge on any atom is -0.369 e. The normalized spacial score (nSPS) is 19.1. The Balaban J connectivity index is 1.89. The van der Waals surface area contributed by atoms with Crippen LogP contribution in [0.15, 0.2) is 63.7 Å². The third kappa shape index (κ3) is 3.78. The van der Waals surface area contributed by atoms with Crippen LogP contribution >= 0.6 is 11.8 Å². The number of benzene rings is 2. The quantitative estimate of drug-likeness (QED) is 0.765. The van der Waals surface area contributed by atoms with Gasteiger partial charge in [-0.15, -0.1) is 0 Å². The third-order valence-electron chi connectivity index (χ3n) is 4.00. The molecule has 10 heteroatoms. The lowest BCUT2D eigenvalue weighted by Gasteiger charge is -2.18. The van der Waals surface area contributed by atoms with E-state index in [2.05, 4.69) is 5.32 Å². The van der Waals surface area contributed by atoms with Crippen molar-refractivity contribution in [2.24, 2.45) is 11.7 Å². The second-order valence-electron chi connectivity index (χ2n) is 5.84. The summed E-state index contributed by atoms with van der Waals surface area (Å²) in [6.07, 6.45) is 1.07. The van der Waals surface area contributed by atoms with E-state index in [4.69, 9.17) is 5.73 Å². The number of nitrogens with two attached hydrogens (primary N) is 1. The van der Waals surface area contributed by atoms with E-state index in [9.17, 15) is 26.8 Å². The Labute approximate surface area is 163 Å². The highest BCUT2D eigenvalue weighted by atomic mass is 32.3. The summed E-state index contributed by atoms with van der Waals surface area (Å²) in [7, 11) is -4.26. The summed E-state index contributed by atoms with van der Waals surface area (Å²) in [4.78, 5) is 23.5. The number of primary amides is 1. The van der Waals surface area contributed by atoms with Crippen LogP contribution < -0.4 is 11.1 Å². The fourth-order valence-corrected chi connectivity index (χ4v) is 5.81. The van der Waals surface area contributed by atoms with Crippen molar-refractivity contribution in [3.63, 3.8) is 0 Å². The molecular formula is C18H14F2N2O4S2. The standard InChI is InChI=1S/C18H14F2N2O4S2/c19-12-6-2-1-5-10(12)17(24)22-18-11(16(21)23)9-15(27-18)28(25,26)14-8-4-3-7-13(14)20/h1-9,11,18H,(H2,21,23)(H,22,24). The van der Waals surface area contributed by atoms with Crippen molar-refractivity contribution in [1.29, 1.82) is 0 Å².